The third kappa shape index (κ3) is 3.37. The molecule has 0 saturated heterocycles. The molecule has 4 aromatic rings. The molecule has 116 valence electrons. The zero-order valence-electron chi connectivity index (χ0n) is 12.4. The van der Waals surface area contributed by atoms with Gasteiger partial charge in [-0.1, -0.05) is 15.9 Å². The van der Waals surface area contributed by atoms with Gasteiger partial charge >= 0.3 is 0 Å². The summed E-state index contributed by atoms with van der Waals surface area (Å²) in [6.07, 6.45) is 10.1. The van der Waals surface area contributed by atoms with E-state index < -0.39 is 0 Å². The van der Waals surface area contributed by atoms with E-state index >= 15 is 0 Å². The standard InChI is InChI=1S/C10H11N3.C7H5BrN2/c1-2-8(1)12-9-4-6-13-10(7-9)3-5-11-13;8-6-2-4-10-7(5-6)1-3-9-10/h3-8,12H,1-2H2;1-5H. The Labute approximate surface area is 142 Å². The van der Waals surface area contributed by atoms with Gasteiger partial charge in [-0.2, -0.15) is 10.2 Å². The Balaban J connectivity index is 0.000000122. The van der Waals surface area contributed by atoms with Gasteiger partial charge in [-0.05, 0) is 49.2 Å². The molecule has 0 spiro atoms. The van der Waals surface area contributed by atoms with E-state index in [2.05, 4.69) is 43.6 Å². The zero-order chi connectivity index (χ0) is 15.6. The molecule has 23 heavy (non-hydrogen) atoms. The average Bonchev–Trinajstić information content (AvgIpc) is 3.06. The topological polar surface area (TPSA) is 46.6 Å². The molecule has 4 heterocycles. The summed E-state index contributed by atoms with van der Waals surface area (Å²) < 4.78 is 4.78. The Morgan fingerprint density at radius 3 is 2.26 bits per heavy atom. The van der Waals surface area contributed by atoms with Crippen molar-refractivity contribution in [2.75, 3.05) is 5.32 Å². The van der Waals surface area contributed by atoms with Gasteiger partial charge in [0, 0.05) is 41.0 Å². The van der Waals surface area contributed by atoms with Crippen molar-refractivity contribution in [3.8, 4) is 0 Å². The smallest absolute Gasteiger partial charge is 0.0682 e. The fourth-order valence-corrected chi connectivity index (χ4v) is 2.72. The Bertz CT molecular complexity index is 938. The molecule has 0 aromatic carbocycles. The molecule has 0 amide bonds. The van der Waals surface area contributed by atoms with Crippen LogP contribution in [0.2, 0.25) is 0 Å². The van der Waals surface area contributed by atoms with Crippen molar-refractivity contribution in [3.05, 3.63) is 65.7 Å². The molecular weight excluding hydrogens is 354 g/mol. The molecule has 1 aliphatic carbocycles. The van der Waals surface area contributed by atoms with E-state index in [9.17, 15) is 0 Å². The number of hydrogen-bond acceptors (Lipinski definition) is 3. The van der Waals surface area contributed by atoms with Crippen LogP contribution in [0.15, 0.2) is 65.7 Å². The molecule has 5 nitrogen and oxygen atoms in total. The Hall–Kier alpha value is -2.34. The van der Waals surface area contributed by atoms with Crippen LogP contribution in [-0.4, -0.2) is 25.3 Å². The van der Waals surface area contributed by atoms with Gasteiger partial charge in [-0.15, -0.1) is 0 Å². The van der Waals surface area contributed by atoms with Crippen LogP contribution < -0.4 is 5.32 Å². The van der Waals surface area contributed by atoms with Crippen molar-refractivity contribution in [3.63, 3.8) is 0 Å². The summed E-state index contributed by atoms with van der Waals surface area (Å²) in [7, 11) is 0. The van der Waals surface area contributed by atoms with E-state index in [0.717, 1.165) is 15.5 Å². The first-order valence-corrected chi connectivity index (χ1v) is 8.36. The van der Waals surface area contributed by atoms with Crippen molar-refractivity contribution >= 4 is 32.7 Å². The first-order chi connectivity index (χ1) is 11.3. The lowest BCUT2D eigenvalue weighted by Gasteiger charge is -2.03. The van der Waals surface area contributed by atoms with Gasteiger partial charge in [-0.3, -0.25) is 0 Å². The van der Waals surface area contributed by atoms with Crippen LogP contribution in [0.25, 0.3) is 11.0 Å². The van der Waals surface area contributed by atoms with Gasteiger partial charge < -0.3 is 5.32 Å². The van der Waals surface area contributed by atoms with Gasteiger partial charge in [0.2, 0.25) is 0 Å². The average molecular weight is 370 g/mol. The molecule has 6 heteroatoms. The largest absolute Gasteiger partial charge is 0.382 e. The van der Waals surface area contributed by atoms with E-state index in [-0.39, 0.29) is 0 Å². The predicted octanol–water partition coefficient (Wildman–Crippen LogP) is 4.01. The molecular formula is C17H16BrN5. The molecule has 0 unspecified atom stereocenters. The first kappa shape index (κ1) is 14.3. The molecule has 1 aliphatic rings. The highest BCUT2D eigenvalue weighted by atomic mass is 79.9. The second kappa shape index (κ2) is 6.04. The molecule has 4 aromatic heterocycles. The Morgan fingerprint density at radius 1 is 0.913 bits per heavy atom. The minimum Gasteiger partial charge on any atom is -0.382 e. The third-order valence-corrected chi connectivity index (χ3v) is 4.20. The highest BCUT2D eigenvalue weighted by molar-refractivity contribution is 9.10. The third-order valence-electron chi connectivity index (χ3n) is 3.71. The number of nitrogens with zero attached hydrogens (tertiary/aromatic N) is 4. The lowest BCUT2D eigenvalue weighted by atomic mass is 10.3. The van der Waals surface area contributed by atoms with Crippen LogP contribution in [0.3, 0.4) is 0 Å². The van der Waals surface area contributed by atoms with Crippen LogP contribution in [0, 0.1) is 0 Å². The quantitative estimate of drug-likeness (QED) is 0.580. The van der Waals surface area contributed by atoms with Crippen molar-refractivity contribution in [1.29, 1.82) is 0 Å². The minimum atomic E-state index is 0.713. The summed E-state index contributed by atoms with van der Waals surface area (Å²) in [5.74, 6) is 0. The number of aromatic nitrogens is 4. The molecule has 1 fully saturated rings. The van der Waals surface area contributed by atoms with Gasteiger partial charge in [-0.25, -0.2) is 9.03 Å². The lowest BCUT2D eigenvalue weighted by Crippen LogP contribution is -2.01. The molecule has 1 N–H and O–H groups in total. The maximum absolute atomic E-state index is 4.14. The summed E-state index contributed by atoms with van der Waals surface area (Å²) >= 11 is 3.38. The van der Waals surface area contributed by atoms with Crippen LogP contribution in [0.1, 0.15) is 12.8 Å². The van der Waals surface area contributed by atoms with Crippen molar-refractivity contribution in [1.82, 2.24) is 19.2 Å². The van der Waals surface area contributed by atoms with Gasteiger partial charge in [0.05, 0.1) is 11.0 Å². The molecule has 0 bridgehead atoms. The van der Waals surface area contributed by atoms with Crippen LogP contribution >= 0.6 is 15.9 Å². The predicted molar refractivity (Wildman–Crippen MR) is 94.7 cm³/mol. The fourth-order valence-electron chi connectivity index (χ4n) is 2.37. The van der Waals surface area contributed by atoms with E-state index in [1.807, 2.05) is 51.9 Å². The SMILES string of the molecule is Brc1ccn2nccc2c1.c1cc2cc(NC3CC3)ccn2n1. The Morgan fingerprint density at radius 2 is 1.57 bits per heavy atom. The van der Waals surface area contributed by atoms with Gasteiger partial charge in [0.25, 0.3) is 0 Å². The number of rotatable bonds is 2. The Kier molecular flexibility index (Phi) is 3.75. The summed E-state index contributed by atoms with van der Waals surface area (Å²) in [6.45, 7) is 0. The molecule has 0 radical (unpaired) electrons. The highest BCUT2D eigenvalue weighted by Gasteiger charge is 2.20. The minimum absolute atomic E-state index is 0.713. The molecule has 0 aliphatic heterocycles. The van der Waals surface area contributed by atoms with E-state index in [1.165, 1.54) is 18.5 Å². The van der Waals surface area contributed by atoms with Crippen molar-refractivity contribution < 1.29 is 0 Å². The first-order valence-electron chi connectivity index (χ1n) is 7.57. The number of hydrogen-bond donors (Lipinski definition) is 1. The van der Waals surface area contributed by atoms with Crippen LogP contribution in [-0.2, 0) is 0 Å². The summed E-state index contributed by atoms with van der Waals surface area (Å²) in [5, 5.41) is 11.7. The fraction of sp³-hybridized carbons (Fsp3) is 0.176. The second-order valence-electron chi connectivity index (χ2n) is 5.58. The van der Waals surface area contributed by atoms with E-state index in [0.29, 0.717) is 6.04 Å². The lowest BCUT2D eigenvalue weighted by molar-refractivity contribution is 0.959. The number of pyridine rings is 2. The highest BCUT2D eigenvalue weighted by Crippen LogP contribution is 2.24. The number of fused-ring (bicyclic) bond motifs is 2. The normalized spacial score (nSPS) is 13.8. The number of anilines is 1. The maximum atomic E-state index is 4.14. The van der Waals surface area contributed by atoms with Gasteiger partial charge in [0.1, 0.15) is 0 Å². The molecule has 1 saturated carbocycles. The summed E-state index contributed by atoms with van der Waals surface area (Å²) in [4.78, 5) is 0. The van der Waals surface area contributed by atoms with Crippen LogP contribution in [0.4, 0.5) is 5.69 Å². The van der Waals surface area contributed by atoms with Crippen molar-refractivity contribution in [2.45, 2.75) is 18.9 Å². The summed E-state index contributed by atoms with van der Waals surface area (Å²) in [6, 6.07) is 12.9. The van der Waals surface area contributed by atoms with E-state index in [4.69, 9.17) is 0 Å². The van der Waals surface area contributed by atoms with Gasteiger partial charge in [0.15, 0.2) is 0 Å². The number of nitrogens with one attached hydrogen (secondary N) is 1. The van der Waals surface area contributed by atoms with Crippen molar-refractivity contribution in [2.24, 2.45) is 0 Å². The summed E-state index contributed by atoms with van der Waals surface area (Å²) in [5.41, 5.74) is 3.45. The van der Waals surface area contributed by atoms with Crippen LogP contribution in [0.5, 0.6) is 0 Å². The molecule has 0 atom stereocenters. The maximum Gasteiger partial charge on any atom is 0.0682 e. The second-order valence-corrected chi connectivity index (χ2v) is 6.50. The monoisotopic (exact) mass is 369 g/mol. The number of halogens is 1. The van der Waals surface area contributed by atoms with E-state index in [1.54, 1.807) is 6.20 Å². The zero-order valence-corrected chi connectivity index (χ0v) is 14.0. The molecule has 5 rings (SSSR count).